The van der Waals surface area contributed by atoms with Crippen LogP contribution >= 0.6 is 0 Å². The average Bonchev–Trinajstić information content (AvgIpc) is 0.918. The molecule has 23 valence electrons. The zero-order valence-corrected chi connectivity index (χ0v) is 11.2. The zero-order chi connectivity index (χ0) is 2.71. The third kappa shape index (κ3) is 27.9. The van der Waals surface area contributed by atoms with E-state index in [2.05, 4.69) is 16.0 Å². The van der Waals surface area contributed by atoms with Crippen LogP contribution in [0.2, 0.25) is 0 Å². The Morgan fingerprint density at radius 1 is 1.17 bits per heavy atom. The van der Waals surface area contributed by atoms with Crippen LogP contribution < -0.4 is 0 Å². The molecule has 0 spiro atoms. The molecule has 0 aromatic rings. The predicted octanol–water partition coefficient (Wildman–Crippen LogP) is -1.13. The monoisotopic (exact) mass is 158 g/mol. The number of hydrogen-bond donors (Lipinski definition) is 0. The molecule has 0 N–H and O–H groups in total. The second-order valence-electron chi connectivity index (χ2n) is 0.0674. The van der Waals surface area contributed by atoms with Gasteiger partial charge in [0, 0.05) is 88.7 Å². The van der Waals surface area contributed by atoms with Crippen LogP contribution in [0.1, 0.15) is 0 Å². The second kappa shape index (κ2) is 24.5. The van der Waals surface area contributed by atoms with Crippen LogP contribution in [0.3, 0.4) is 0 Å². The van der Waals surface area contributed by atoms with Gasteiger partial charge in [-0.2, -0.15) is 0 Å². The number of rotatable bonds is 0. The molecule has 0 amide bonds. The van der Waals surface area contributed by atoms with E-state index in [4.69, 9.17) is 5.26 Å². The van der Waals surface area contributed by atoms with Crippen molar-refractivity contribution < 1.29 is 16.0 Å². The van der Waals surface area contributed by atoms with E-state index in [0.29, 0.717) is 0 Å². The molecule has 0 rings (SSSR count). The van der Waals surface area contributed by atoms with Gasteiger partial charge in [0.05, 0.1) is 0 Å². The summed E-state index contributed by atoms with van der Waals surface area (Å²) in [5, 5.41) is 7.12. The van der Waals surface area contributed by atoms with E-state index in [-0.39, 0.29) is 88.7 Å². The third-order valence-corrected chi connectivity index (χ3v) is 0. The van der Waals surface area contributed by atoms with Crippen molar-refractivity contribution in [3.8, 4) is 4.97 Å². The fourth-order valence-electron chi connectivity index (χ4n) is 0. The maximum absolute atomic E-state index is 7.12. The van der Waals surface area contributed by atoms with Crippen LogP contribution in [0.4, 0.5) is 0 Å². The van der Waals surface area contributed by atoms with Crippen molar-refractivity contribution in [2.75, 3.05) is 0 Å². The molecule has 0 aliphatic rings. The summed E-state index contributed by atoms with van der Waals surface area (Å²) in [6.07, 6.45) is 0. The fourth-order valence-corrected chi connectivity index (χ4v) is 0. The summed E-state index contributed by atoms with van der Waals surface area (Å²) >= 11 is 3.81. The summed E-state index contributed by atoms with van der Waals surface area (Å²) in [7, 11) is 0. The van der Waals surface area contributed by atoms with Crippen molar-refractivity contribution in [1.29, 1.82) is 5.26 Å². The van der Waals surface area contributed by atoms with Gasteiger partial charge in [-0.15, -0.1) is 0 Å². The van der Waals surface area contributed by atoms with Crippen LogP contribution in [-0.2, 0) is 16.0 Å². The molecule has 3 radical (unpaired) electrons. The maximum atomic E-state index is 7.12. The molecular formula is CCuNNa3. The largest absolute Gasteiger partial charge is 0 e. The Balaban J connectivity index is -0.00000000667. The van der Waals surface area contributed by atoms with E-state index in [1.165, 1.54) is 4.97 Å². The summed E-state index contributed by atoms with van der Waals surface area (Å²) in [5.74, 6) is 0. The summed E-state index contributed by atoms with van der Waals surface area (Å²) in [6.45, 7) is 0. The molecular weight excluding hydrogens is 159 g/mol. The van der Waals surface area contributed by atoms with E-state index in [1.807, 2.05) is 0 Å². The fraction of sp³-hybridized carbons (Fsp3) is 0. The molecule has 0 aromatic heterocycles. The Labute approximate surface area is 112 Å². The first-order valence-corrected chi connectivity index (χ1v) is 0.845. The van der Waals surface area contributed by atoms with Gasteiger partial charge in [0.2, 0.25) is 0 Å². The van der Waals surface area contributed by atoms with Crippen LogP contribution in [-0.4, -0.2) is 88.7 Å². The quantitative estimate of drug-likeness (QED) is 0.410. The second-order valence-corrected chi connectivity index (χ2v) is 0.278. The van der Waals surface area contributed by atoms with Crippen molar-refractivity contribution >= 4 is 88.7 Å². The van der Waals surface area contributed by atoms with E-state index in [1.54, 1.807) is 0 Å². The molecule has 1 nitrogen and oxygen atoms in total. The zero-order valence-electron chi connectivity index (χ0n) is 4.25. The van der Waals surface area contributed by atoms with Gasteiger partial charge in [-0.3, -0.25) is 0 Å². The van der Waals surface area contributed by atoms with Crippen molar-refractivity contribution in [3.05, 3.63) is 0 Å². The number of nitriles is 1. The molecule has 6 heavy (non-hydrogen) atoms. The molecule has 0 unspecified atom stereocenters. The molecule has 0 bridgehead atoms. The molecule has 0 saturated carbocycles. The average molecular weight is 159 g/mol. The predicted molar refractivity (Wildman–Crippen MR) is 22.9 cm³/mol. The first kappa shape index (κ1) is 23.0. The van der Waals surface area contributed by atoms with Gasteiger partial charge in [-0.1, -0.05) is 0 Å². The normalized spacial score (nSPS) is 1.50. The van der Waals surface area contributed by atoms with Crippen LogP contribution in [0.25, 0.3) is 0 Å². The van der Waals surface area contributed by atoms with Gasteiger partial charge < -0.3 is 0 Å². The van der Waals surface area contributed by atoms with Gasteiger partial charge in [0.15, 0.2) is 0 Å². The van der Waals surface area contributed by atoms with Crippen LogP contribution in [0.15, 0.2) is 0 Å². The first-order valence-electron chi connectivity index (χ1n) is 0.374. The summed E-state index contributed by atoms with van der Waals surface area (Å²) < 4.78 is 0. The summed E-state index contributed by atoms with van der Waals surface area (Å²) in [6, 6.07) is 0. The van der Waals surface area contributed by atoms with Crippen molar-refractivity contribution in [2.45, 2.75) is 0 Å². The smallest absolute Gasteiger partial charge is 0 e. The molecule has 0 saturated heterocycles. The van der Waals surface area contributed by atoms with E-state index in [9.17, 15) is 0 Å². The minimum Gasteiger partial charge on any atom is 0 e. The molecule has 5 heteroatoms. The minimum atomic E-state index is 0. The number of nitrogens with zero attached hydrogens (tertiary/aromatic N) is 1. The van der Waals surface area contributed by atoms with Gasteiger partial charge in [0.25, 0.3) is 0 Å². The Hall–Kier alpha value is 3.01. The third-order valence-electron chi connectivity index (χ3n) is 0. The Morgan fingerprint density at radius 2 is 1.17 bits per heavy atom. The van der Waals surface area contributed by atoms with Gasteiger partial charge in [0.1, 0.15) is 0 Å². The Morgan fingerprint density at radius 3 is 1.17 bits per heavy atom. The van der Waals surface area contributed by atoms with Crippen molar-refractivity contribution in [1.82, 2.24) is 0 Å². The molecule has 0 aromatic carbocycles. The molecule has 0 aliphatic carbocycles. The number of hydrogen-bond acceptors (Lipinski definition) is 1. The van der Waals surface area contributed by atoms with E-state index < -0.39 is 0 Å². The van der Waals surface area contributed by atoms with Crippen molar-refractivity contribution in [2.24, 2.45) is 0 Å². The summed E-state index contributed by atoms with van der Waals surface area (Å²) in [5.41, 5.74) is 0. The first-order chi connectivity index (χ1) is 1.41. The van der Waals surface area contributed by atoms with Crippen molar-refractivity contribution in [3.63, 3.8) is 0 Å². The van der Waals surface area contributed by atoms with E-state index >= 15 is 0 Å². The van der Waals surface area contributed by atoms with Gasteiger partial charge in [-0.25, -0.2) is 0 Å². The summed E-state index contributed by atoms with van der Waals surface area (Å²) in [4.78, 5) is 1.31. The van der Waals surface area contributed by atoms with E-state index in [0.717, 1.165) is 0 Å². The Kier molecular flexibility index (Phi) is 94.0. The van der Waals surface area contributed by atoms with Crippen LogP contribution in [0.5, 0.6) is 0 Å². The van der Waals surface area contributed by atoms with Gasteiger partial charge >= 0.3 is 26.2 Å². The van der Waals surface area contributed by atoms with Gasteiger partial charge in [-0.05, 0) is 0 Å². The standard InChI is InChI=1S/CN.Cu.3Na/c1-2;;;;. The maximum Gasteiger partial charge on any atom is 0 e. The molecule has 0 fully saturated rings. The molecule has 0 atom stereocenters. The minimum absolute atomic E-state index is 0. The Bertz CT molecular complexity index is 32.3. The topological polar surface area (TPSA) is 23.8 Å². The SMILES string of the molecule is N#[C][Cu].[Na].[Na].[Na]. The van der Waals surface area contributed by atoms with Crippen LogP contribution in [0, 0.1) is 10.2 Å². The molecule has 0 aliphatic heterocycles. The molecule has 0 heterocycles.